The van der Waals surface area contributed by atoms with Crippen LogP contribution >= 0.6 is 11.6 Å². The Bertz CT molecular complexity index is 606. The van der Waals surface area contributed by atoms with Gasteiger partial charge in [0.15, 0.2) is 0 Å². The van der Waals surface area contributed by atoms with Gasteiger partial charge in [0.1, 0.15) is 5.75 Å². The standard InChI is InChI=1S/C17H17ClO/c1-11-7-8-13(9-12(11)2)17(18)15-10-19-16-6-4-3-5-14(15)16/h3-9,15,17H,10H2,1-2H3. The van der Waals surface area contributed by atoms with E-state index in [0.29, 0.717) is 6.61 Å². The largest absolute Gasteiger partial charge is 0.493 e. The van der Waals surface area contributed by atoms with Crippen LogP contribution in [0.2, 0.25) is 0 Å². The van der Waals surface area contributed by atoms with Gasteiger partial charge < -0.3 is 4.74 Å². The minimum absolute atomic E-state index is 0.0389. The van der Waals surface area contributed by atoms with Crippen LogP contribution in [0.1, 0.15) is 33.5 Å². The Balaban J connectivity index is 1.93. The second-order valence-corrected chi connectivity index (χ2v) is 5.67. The van der Waals surface area contributed by atoms with Crippen molar-refractivity contribution in [1.82, 2.24) is 0 Å². The molecule has 0 saturated heterocycles. The lowest BCUT2D eigenvalue weighted by molar-refractivity contribution is 0.328. The van der Waals surface area contributed by atoms with E-state index in [9.17, 15) is 0 Å². The third-order valence-corrected chi connectivity index (χ3v) is 4.50. The van der Waals surface area contributed by atoms with Crippen molar-refractivity contribution >= 4 is 11.6 Å². The van der Waals surface area contributed by atoms with Gasteiger partial charge in [-0.1, -0.05) is 36.4 Å². The highest BCUT2D eigenvalue weighted by Gasteiger charge is 2.30. The van der Waals surface area contributed by atoms with Crippen LogP contribution in [0, 0.1) is 13.8 Å². The van der Waals surface area contributed by atoms with Gasteiger partial charge in [-0.2, -0.15) is 0 Å². The minimum Gasteiger partial charge on any atom is -0.493 e. The predicted molar refractivity (Wildman–Crippen MR) is 79.2 cm³/mol. The van der Waals surface area contributed by atoms with Crippen molar-refractivity contribution in [1.29, 1.82) is 0 Å². The van der Waals surface area contributed by atoms with Crippen LogP contribution in [0.4, 0.5) is 0 Å². The molecule has 19 heavy (non-hydrogen) atoms. The van der Waals surface area contributed by atoms with Crippen molar-refractivity contribution in [3.63, 3.8) is 0 Å². The van der Waals surface area contributed by atoms with E-state index in [2.05, 4.69) is 38.1 Å². The monoisotopic (exact) mass is 272 g/mol. The Hall–Kier alpha value is -1.47. The van der Waals surface area contributed by atoms with E-state index in [-0.39, 0.29) is 11.3 Å². The summed E-state index contributed by atoms with van der Waals surface area (Å²) in [6.45, 7) is 4.91. The normalized spacial score (nSPS) is 18.8. The number of aryl methyl sites for hydroxylation is 2. The quantitative estimate of drug-likeness (QED) is 0.716. The smallest absolute Gasteiger partial charge is 0.122 e. The molecule has 2 aromatic carbocycles. The van der Waals surface area contributed by atoms with Gasteiger partial charge in [0.25, 0.3) is 0 Å². The fourth-order valence-electron chi connectivity index (χ4n) is 2.60. The first-order valence-corrected chi connectivity index (χ1v) is 7.03. The summed E-state index contributed by atoms with van der Waals surface area (Å²) in [4.78, 5) is 0. The van der Waals surface area contributed by atoms with Gasteiger partial charge in [0, 0.05) is 11.5 Å². The molecule has 0 aliphatic carbocycles. The Kier molecular flexibility index (Phi) is 3.24. The van der Waals surface area contributed by atoms with E-state index < -0.39 is 0 Å². The van der Waals surface area contributed by atoms with E-state index in [0.717, 1.165) is 5.75 Å². The summed E-state index contributed by atoms with van der Waals surface area (Å²) in [7, 11) is 0. The number of fused-ring (bicyclic) bond motifs is 1. The zero-order valence-corrected chi connectivity index (χ0v) is 11.9. The number of para-hydroxylation sites is 1. The number of hydrogen-bond acceptors (Lipinski definition) is 1. The molecule has 3 rings (SSSR count). The number of ether oxygens (including phenoxy) is 1. The van der Waals surface area contributed by atoms with E-state index in [1.165, 1.54) is 22.3 Å². The van der Waals surface area contributed by atoms with Crippen LogP contribution in [0.3, 0.4) is 0 Å². The molecule has 0 bridgehead atoms. The van der Waals surface area contributed by atoms with Gasteiger partial charge in [-0.15, -0.1) is 11.6 Å². The topological polar surface area (TPSA) is 9.23 Å². The molecule has 0 saturated carbocycles. The summed E-state index contributed by atoms with van der Waals surface area (Å²) in [6, 6.07) is 14.6. The number of rotatable bonds is 2. The Labute approximate surface area is 119 Å². The van der Waals surface area contributed by atoms with Crippen molar-refractivity contribution in [3.05, 3.63) is 64.7 Å². The van der Waals surface area contributed by atoms with Crippen LogP contribution < -0.4 is 4.74 Å². The maximum atomic E-state index is 6.68. The molecule has 0 N–H and O–H groups in total. The third-order valence-electron chi connectivity index (χ3n) is 3.94. The van der Waals surface area contributed by atoms with Crippen LogP contribution in [-0.4, -0.2) is 6.61 Å². The maximum absolute atomic E-state index is 6.68. The van der Waals surface area contributed by atoms with E-state index >= 15 is 0 Å². The molecule has 2 heteroatoms. The van der Waals surface area contributed by atoms with Gasteiger partial charge in [-0.3, -0.25) is 0 Å². The first-order chi connectivity index (χ1) is 9.16. The maximum Gasteiger partial charge on any atom is 0.122 e. The minimum atomic E-state index is -0.0389. The highest BCUT2D eigenvalue weighted by atomic mass is 35.5. The van der Waals surface area contributed by atoms with Crippen molar-refractivity contribution in [3.8, 4) is 5.75 Å². The van der Waals surface area contributed by atoms with Crippen molar-refractivity contribution < 1.29 is 4.74 Å². The molecular formula is C17H17ClO. The Morgan fingerprint density at radius 1 is 1.11 bits per heavy atom. The average molecular weight is 273 g/mol. The number of benzene rings is 2. The fraction of sp³-hybridized carbons (Fsp3) is 0.294. The van der Waals surface area contributed by atoms with E-state index in [4.69, 9.17) is 16.3 Å². The summed E-state index contributed by atoms with van der Waals surface area (Å²) in [5, 5.41) is -0.0389. The zero-order valence-electron chi connectivity index (χ0n) is 11.2. The number of alkyl halides is 1. The SMILES string of the molecule is Cc1ccc(C(Cl)C2COc3ccccc32)cc1C. The van der Waals surface area contributed by atoms with Crippen molar-refractivity contribution in [2.75, 3.05) is 6.61 Å². The van der Waals surface area contributed by atoms with Crippen LogP contribution in [0.15, 0.2) is 42.5 Å². The van der Waals surface area contributed by atoms with Gasteiger partial charge in [-0.25, -0.2) is 0 Å². The van der Waals surface area contributed by atoms with Crippen LogP contribution in [0.25, 0.3) is 0 Å². The van der Waals surface area contributed by atoms with Crippen molar-refractivity contribution in [2.24, 2.45) is 0 Å². The molecule has 1 nitrogen and oxygen atoms in total. The summed E-state index contributed by atoms with van der Waals surface area (Å²) in [5.74, 6) is 1.21. The first kappa shape index (κ1) is 12.6. The first-order valence-electron chi connectivity index (χ1n) is 6.60. The van der Waals surface area contributed by atoms with Gasteiger partial charge in [0.2, 0.25) is 0 Å². The molecule has 98 valence electrons. The summed E-state index contributed by atoms with van der Waals surface area (Å²) in [5.41, 5.74) is 4.99. The summed E-state index contributed by atoms with van der Waals surface area (Å²) in [6.07, 6.45) is 0. The summed E-state index contributed by atoms with van der Waals surface area (Å²) >= 11 is 6.68. The van der Waals surface area contributed by atoms with Gasteiger partial charge in [0.05, 0.1) is 12.0 Å². The second kappa shape index (κ2) is 4.90. The summed E-state index contributed by atoms with van der Waals surface area (Å²) < 4.78 is 5.72. The van der Waals surface area contributed by atoms with Crippen LogP contribution in [0.5, 0.6) is 5.75 Å². The molecule has 0 aromatic heterocycles. The molecular weight excluding hydrogens is 256 g/mol. The molecule has 1 aliphatic rings. The second-order valence-electron chi connectivity index (χ2n) is 5.20. The Morgan fingerprint density at radius 3 is 2.68 bits per heavy atom. The third kappa shape index (κ3) is 2.23. The molecule has 0 fully saturated rings. The zero-order chi connectivity index (χ0) is 13.4. The lowest BCUT2D eigenvalue weighted by atomic mass is 9.92. The lowest BCUT2D eigenvalue weighted by Crippen LogP contribution is -2.08. The molecule has 2 atom stereocenters. The molecule has 0 spiro atoms. The number of hydrogen-bond donors (Lipinski definition) is 0. The molecule has 1 heterocycles. The molecule has 1 aliphatic heterocycles. The lowest BCUT2D eigenvalue weighted by Gasteiger charge is -2.17. The molecule has 2 aromatic rings. The van der Waals surface area contributed by atoms with Crippen LogP contribution in [-0.2, 0) is 0 Å². The van der Waals surface area contributed by atoms with Crippen molar-refractivity contribution in [2.45, 2.75) is 25.1 Å². The van der Waals surface area contributed by atoms with Gasteiger partial charge >= 0.3 is 0 Å². The molecule has 2 unspecified atom stereocenters. The highest BCUT2D eigenvalue weighted by Crippen LogP contribution is 2.44. The van der Waals surface area contributed by atoms with Gasteiger partial charge in [-0.05, 0) is 36.6 Å². The van der Waals surface area contributed by atoms with E-state index in [1.807, 2.05) is 18.2 Å². The molecule has 0 radical (unpaired) electrons. The molecule has 0 amide bonds. The Morgan fingerprint density at radius 2 is 1.89 bits per heavy atom. The fourth-order valence-corrected chi connectivity index (χ4v) is 2.94. The predicted octanol–water partition coefficient (Wildman–Crippen LogP) is 4.76. The average Bonchev–Trinajstić information content (AvgIpc) is 2.85. The van der Waals surface area contributed by atoms with E-state index in [1.54, 1.807) is 0 Å². The highest BCUT2D eigenvalue weighted by molar-refractivity contribution is 6.21. The number of halogens is 1.